The monoisotopic (exact) mass is 331 g/mol. The van der Waals surface area contributed by atoms with Crippen LogP contribution in [0, 0.1) is 0 Å². The van der Waals surface area contributed by atoms with Crippen LogP contribution in [0.2, 0.25) is 10.0 Å². The summed E-state index contributed by atoms with van der Waals surface area (Å²) >= 11 is 11.9. The molecule has 0 aromatic heterocycles. The summed E-state index contributed by atoms with van der Waals surface area (Å²) in [6.07, 6.45) is 0. The largest absolute Gasteiger partial charge is 0.358 e. The predicted octanol–water partition coefficient (Wildman–Crippen LogP) is 1.63. The van der Waals surface area contributed by atoms with Crippen LogP contribution in [0.1, 0.15) is 5.56 Å². The lowest BCUT2D eigenvalue weighted by atomic mass is 10.2. The third-order valence-corrected chi connectivity index (χ3v) is 3.53. The molecule has 1 rings (SSSR count). The van der Waals surface area contributed by atoms with Crippen LogP contribution in [0.15, 0.2) is 18.2 Å². The quantitative estimate of drug-likeness (QED) is 0.861. The lowest BCUT2D eigenvalue weighted by Gasteiger charge is -2.21. The highest BCUT2D eigenvalue weighted by Gasteiger charge is 2.15. The Morgan fingerprint density at radius 2 is 1.86 bits per heavy atom. The van der Waals surface area contributed by atoms with E-state index in [-0.39, 0.29) is 24.9 Å². The number of nitrogens with one attached hydrogen (secondary N) is 1. The molecule has 0 spiro atoms. The van der Waals surface area contributed by atoms with Crippen molar-refractivity contribution in [1.29, 1.82) is 0 Å². The zero-order valence-corrected chi connectivity index (χ0v) is 13.8. The van der Waals surface area contributed by atoms with Gasteiger partial charge in [0.2, 0.25) is 11.8 Å². The van der Waals surface area contributed by atoms with Crippen molar-refractivity contribution < 1.29 is 9.59 Å². The van der Waals surface area contributed by atoms with Gasteiger partial charge in [0.15, 0.2) is 0 Å². The Balaban J connectivity index is 2.54. The molecule has 0 aliphatic rings. The van der Waals surface area contributed by atoms with Gasteiger partial charge in [0.1, 0.15) is 0 Å². The third kappa shape index (κ3) is 5.91. The average Bonchev–Trinajstić information content (AvgIpc) is 2.41. The number of amides is 2. The zero-order chi connectivity index (χ0) is 16.0. The first kappa shape index (κ1) is 17.8. The number of hydrogen-bond donors (Lipinski definition) is 1. The number of halogens is 2. The molecule has 0 heterocycles. The molecule has 7 heteroatoms. The first-order valence-corrected chi connectivity index (χ1v) is 7.16. The summed E-state index contributed by atoms with van der Waals surface area (Å²) in [5.41, 5.74) is 0.894. The lowest BCUT2D eigenvalue weighted by molar-refractivity contribution is -0.135. The minimum absolute atomic E-state index is 0.0465. The van der Waals surface area contributed by atoms with Gasteiger partial charge in [-0.15, -0.1) is 0 Å². The predicted molar refractivity (Wildman–Crippen MR) is 84.5 cm³/mol. The van der Waals surface area contributed by atoms with Crippen molar-refractivity contribution in [2.24, 2.45) is 0 Å². The first-order chi connectivity index (χ1) is 9.83. The molecule has 0 saturated carbocycles. The minimum Gasteiger partial charge on any atom is -0.358 e. The van der Waals surface area contributed by atoms with Gasteiger partial charge in [-0.3, -0.25) is 14.5 Å². The van der Waals surface area contributed by atoms with E-state index in [4.69, 9.17) is 23.2 Å². The number of carbonyl (C=O) groups excluding carboxylic acids is 2. The van der Waals surface area contributed by atoms with E-state index < -0.39 is 0 Å². The van der Waals surface area contributed by atoms with Crippen LogP contribution in [-0.4, -0.2) is 55.8 Å². The molecule has 116 valence electrons. The Hall–Kier alpha value is -1.30. The number of likely N-dealkylation sites (N-methyl/N-ethyl adjacent to an activating group) is 3. The van der Waals surface area contributed by atoms with Gasteiger partial charge in [-0.2, -0.15) is 0 Å². The van der Waals surface area contributed by atoms with Gasteiger partial charge in [0.05, 0.1) is 13.1 Å². The molecule has 0 radical (unpaired) electrons. The number of nitrogens with zero attached hydrogens (tertiary/aromatic N) is 2. The molecule has 5 nitrogen and oxygen atoms in total. The topological polar surface area (TPSA) is 52.7 Å². The molecule has 0 aliphatic carbocycles. The van der Waals surface area contributed by atoms with Gasteiger partial charge < -0.3 is 10.2 Å². The fourth-order valence-corrected chi connectivity index (χ4v) is 2.20. The maximum Gasteiger partial charge on any atom is 0.239 e. The molecular formula is C14H19Cl2N3O2. The maximum atomic E-state index is 12.0. The number of carbonyl (C=O) groups is 2. The second-order valence-electron chi connectivity index (χ2n) is 4.83. The number of benzene rings is 1. The lowest BCUT2D eigenvalue weighted by Crippen LogP contribution is -2.41. The Labute approximate surface area is 134 Å². The summed E-state index contributed by atoms with van der Waals surface area (Å²) in [6.45, 7) is 0.771. The molecule has 0 bridgehead atoms. The average molecular weight is 332 g/mol. The highest BCUT2D eigenvalue weighted by Crippen LogP contribution is 2.21. The first-order valence-electron chi connectivity index (χ1n) is 6.40. The van der Waals surface area contributed by atoms with E-state index in [1.807, 2.05) is 18.0 Å². The Kier molecular flexibility index (Phi) is 6.95. The van der Waals surface area contributed by atoms with Crippen molar-refractivity contribution in [3.8, 4) is 0 Å². The van der Waals surface area contributed by atoms with Crippen molar-refractivity contribution in [3.05, 3.63) is 33.8 Å². The molecule has 21 heavy (non-hydrogen) atoms. The van der Waals surface area contributed by atoms with E-state index in [9.17, 15) is 9.59 Å². The molecular weight excluding hydrogens is 313 g/mol. The van der Waals surface area contributed by atoms with Crippen molar-refractivity contribution in [2.75, 3.05) is 34.2 Å². The molecule has 1 N–H and O–H groups in total. The van der Waals surface area contributed by atoms with Crippen molar-refractivity contribution >= 4 is 35.0 Å². The Morgan fingerprint density at radius 3 is 2.43 bits per heavy atom. The normalized spacial score (nSPS) is 10.6. The van der Waals surface area contributed by atoms with Crippen LogP contribution in [-0.2, 0) is 16.1 Å². The second-order valence-corrected chi connectivity index (χ2v) is 5.67. The van der Waals surface area contributed by atoms with E-state index in [1.54, 1.807) is 19.2 Å². The molecule has 0 saturated heterocycles. The molecule has 1 aromatic rings. The van der Waals surface area contributed by atoms with Gasteiger partial charge in [0, 0.05) is 30.7 Å². The van der Waals surface area contributed by atoms with Crippen molar-refractivity contribution in [1.82, 2.24) is 15.1 Å². The number of hydrogen-bond acceptors (Lipinski definition) is 3. The fraction of sp³-hybridized carbons (Fsp3) is 0.429. The number of rotatable bonds is 6. The summed E-state index contributed by atoms with van der Waals surface area (Å²) in [5, 5.41) is 3.63. The summed E-state index contributed by atoms with van der Waals surface area (Å²) < 4.78 is 0. The minimum atomic E-state index is -0.200. The molecule has 2 amide bonds. The summed E-state index contributed by atoms with van der Waals surface area (Å²) in [5.74, 6) is -0.333. The Morgan fingerprint density at radius 1 is 1.19 bits per heavy atom. The van der Waals surface area contributed by atoms with Gasteiger partial charge in [-0.05, 0) is 24.7 Å². The van der Waals surface area contributed by atoms with Crippen LogP contribution < -0.4 is 5.32 Å². The Bertz CT molecular complexity index is 523. The standard InChI is InChI=1S/C14H19Cl2N3O2/c1-17-13(20)8-19(3)14(21)9-18(2)7-10-4-5-11(15)6-12(10)16/h4-6H,7-9H2,1-3H3,(H,17,20). The van der Waals surface area contributed by atoms with E-state index >= 15 is 0 Å². The molecule has 0 unspecified atom stereocenters. The van der Waals surface area contributed by atoms with Gasteiger partial charge >= 0.3 is 0 Å². The van der Waals surface area contributed by atoms with Gasteiger partial charge in [0.25, 0.3) is 0 Å². The summed E-state index contributed by atoms with van der Waals surface area (Å²) in [6, 6.07) is 5.27. The van der Waals surface area contributed by atoms with Crippen LogP contribution in [0.25, 0.3) is 0 Å². The molecule has 0 atom stereocenters. The van der Waals surface area contributed by atoms with Gasteiger partial charge in [-0.1, -0.05) is 29.3 Å². The van der Waals surface area contributed by atoms with E-state index in [0.717, 1.165) is 5.56 Å². The van der Waals surface area contributed by atoms with Gasteiger partial charge in [-0.25, -0.2) is 0 Å². The summed E-state index contributed by atoms with van der Waals surface area (Å²) in [4.78, 5) is 26.4. The van der Waals surface area contributed by atoms with Crippen molar-refractivity contribution in [3.63, 3.8) is 0 Å². The van der Waals surface area contributed by atoms with E-state index in [0.29, 0.717) is 16.6 Å². The zero-order valence-electron chi connectivity index (χ0n) is 12.3. The molecule has 0 aliphatic heterocycles. The van der Waals surface area contributed by atoms with Crippen LogP contribution in [0.3, 0.4) is 0 Å². The highest BCUT2D eigenvalue weighted by molar-refractivity contribution is 6.35. The van der Waals surface area contributed by atoms with Crippen LogP contribution in [0.4, 0.5) is 0 Å². The maximum absolute atomic E-state index is 12.0. The third-order valence-electron chi connectivity index (χ3n) is 2.95. The highest BCUT2D eigenvalue weighted by atomic mass is 35.5. The second kappa shape index (κ2) is 8.22. The smallest absolute Gasteiger partial charge is 0.239 e. The molecule has 0 fully saturated rings. The summed E-state index contributed by atoms with van der Waals surface area (Å²) in [7, 11) is 4.95. The van der Waals surface area contributed by atoms with Crippen molar-refractivity contribution in [2.45, 2.75) is 6.54 Å². The van der Waals surface area contributed by atoms with E-state index in [2.05, 4.69) is 5.32 Å². The van der Waals surface area contributed by atoms with E-state index in [1.165, 1.54) is 11.9 Å². The van der Waals surface area contributed by atoms with Crippen LogP contribution in [0.5, 0.6) is 0 Å². The van der Waals surface area contributed by atoms with Crippen LogP contribution >= 0.6 is 23.2 Å². The fourth-order valence-electron chi connectivity index (χ4n) is 1.73. The SMILES string of the molecule is CNC(=O)CN(C)C(=O)CN(C)Cc1ccc(Cl)cc1Cl. The molecule has 1 aromatic carbocycles.